The number of aliphatic imine (C=N–C) groups is 1. The lowest BCUT2D eigenvalue weighted by Crippen LogP contribution is -2.39. The van der Waals surface area contributed by atoms with Crippen molar-refractivity contribution in [3.05, 3.63) is 0 Å². The Balaban J connectivity index is 2.26. The topological polar surface area (TPSA) is 39.7 Å². The smallest absolute Gasteiger partial charge is 0.191 e. The van der Waals surface area contributed by atoms with Crippen LogP contribution < -0.4 is 10.6 Å². The summed E-state index contributed by atoms with van der Waals surface area (Å²) in [6.07, 6.45) is 6.96. The lowest BCUT2D eigenvalue weighted by Gasteiger charge is -2.30. The SMILES string of the molecule is CCNC(=NCCN(C)C1CCCCC1)NCC. The zero-order valence-electron chi connectivity index (χ0n) is 12.3. The maximum atomic E-state index is 4.59. The molecular weight excluding hydrogens is 224 g/mol. The lowest BCUT2D eigenvalue weighted by molar-refractivity contribution is 0.196. The second-order valence-electron chi connectivity index (χ2n) is 5.06. The number of nitrogens with one attached hydrogen (secondary N) is 2. The number of nitrogens with zero attached hydrogens (tertiary/aromatic N) is 2. The van der Waals surface area contributed by atoms with Gasteiger partial charge in [-0.3, -0.25) is 4.99 Å². The first kappa shape index (κ1) is 15.3. The van der Waals surface area contributed by atoms with E-state index in [1.54, 1.807) is 0 Å². The van der Waals surface area contributed by atoms with Gasteiger partial charge in [-0.05, 0) is 33.7 Å². The standard InChI is InChI=1S/C14H30N4/c1-4-15-14(16-5-2)17-11-12-18(3)13-9-7-6-8-10-13/h13H,4-12H2,1-3H3,(H2,15,16,17). The predicted octanol–water partition coefficient (Wildman–Crippen LogP) is 1.83. The molecule has 0 unspecified atom stereocenters. The fourth-order valence-corrected chi connectivity index (χ4v) is 2.53. The maximum Gasteiger partial charge on any atom is 0.191 e. The van der Waals surface area contributed by atoms with E-state index < -0.39 is 0 Å². The molecule has 2 N–H and O–H groups in total. The van der Waals surface area contributed by atoms with E-state index in [0.717, 1.165) is 38.2 Å². The first-order chi connectivity index (χ1) is 8.77. The highest BCUT2D eigenvalue weighted by atomic mass is 15.2. The summed E-state index contributed by atoms with van der Waals surface area (Å²) in [5.74, 6) is 0.942. The van der Waals surface area contributed by atoms with E-state index in [2.05, 4.69) is 41.4 Å². The normalized spacial score (nSPS) is 16.7. The van der Waals surface area contributed by atoms with Crippen molar-refractivity contribution >= 4 is 5.96 Å². The third kappa shape index (κ3) is 5.71. The van der Waals surface area contributed by atoms with Gasteiger partial charge in [0, 0.05) is 25.7 Å². The molecule has 0 aliphatic heterocycles. The Hall–Kier alpha value is -0.770. The van der Waals surface area contributed by atoms with Crippen molar-refractivity contribution in [2.24, 2.45) is 4.99 Å². The first-order valence-electron chi connectivity index (χ1n) is 7.50. The van der Waals surface area contributed by atoms with Gasteiger partial charge in [-0.25, -0.2) is 0 Å². The van der Waals surface area contributed by atoms with Crippen molar-refractivity contribution in [1.29, 1.82) is 0 Å². The van der Waals surface area contributed by atoms with Crippen molar-refractivity contribution in [3.8, 4) is 0 Å². The van der Waals surface area contributed by atoms with E-state index in [1.165, 1.54) is 32.1 Å². The minimum Gasteiger partial charge on any atom is -0.357 e. The molecule has 0 aromatic heterocycles. The molecule has 0 bridgehead atoms. The van der Waals surface area contributed by atoms with Crippen molar-refractivity contribution in [1.82, 2.24) is 15.5 Å². The molecule has 106 valence electrons. The zero-order chi connectivity index (χ0) is 13.2. The summed E-state index contributed by atoms with van der Waals surface area (Å²) in [6, 6.07) is 0.788. The largest absolute Gasteiger partial charge is 0.357 e. The molecule has 1 aliphatic rings. The highest BCUT2D eigenvalue weighted by molar-refractivity contribution is 5.79. The molecule has 1 saturated carbocycles. The number of hydrogen-bond donors (Lipinski definition) is 2. The van der Waals surface area contributed by atoms with Crippen LogP contribution in [0.4, 0.5) is 0 Å². The van der Waals surface area contributed by atoms with Gasteiger partial charge in [0.15, 0.2) is 5.96 Å². The summed E-state index contributed by atoms with van der Waals surface area (Å²) in [7, 11) is 2.24. The average Bonchev–Trinajstić information content (AvgIpc) is 2.40. The third-order valence-corrected chi connectivity index (χ3v) is 3.61. The summed E-state index contributed by atoms with van der Waals surface area (Å²) in [6.45, 7) is 7.98. The molecule has 0 spiro atoms. The Morgan fingerprint density at radius 1 is 1.11 bits per heavy atom. The van der Waals surface area contributed by atoms with Crippen LogP contribution in [0.15, 0.2) is 4.99 Å². The predicted molar refractivity (Wildman–Crippen MR) is 79.2 cm³/mol. The number of guanidine groups is 1. The third-order valence-electron chi connectivity index (χ3n) is 3.61. The Kier molecular flexibility index (Phi) is 7.81. The zero-order valence-corrected chi connectivity index (χ0v) is 12.3. The second kappa shape index (κ2) is 9.20. The molecular formula is C14H30N4. The van der Waals surface area contributed by atoms with Crippen LogP contribution >= 0.6 is 0 Å². The second-order valence-corrected chi connectivity index (χ2v) is 5.06. The van der Waals surface area contributed by atoms with E-state index in [-0.39, 0.29) is 0 Å². The Morgan fingerprint density at radius 2 is 1.72 bits per heavy atom. The van der Waals surface area contributed by atoms with Crippen LogP contribution in [0.1, 0.15) is 46.0 Å². The van der Waals surface area contributed by atoms with E-state index in [4.69, 9.17) is 0 Å². The quantitative estimate of drug-likeness (QED) is 0.561. The highest BCUT2D eigenvalue weighted by Crippen LogP contribution is 2.21. The first-order valence-corrected chi connectivity index (χ1v) is 7.50. The highest BCUT2D eigenvalue weighted by Gasteiger charge is 2.17. The van der Waals surface area contributed by atoms with Gasteiger partial charge in [0.05, 0.1) is 6.54 Å². The molecule has 0 radical (unpaired) electrons. The van der Waals surface area contributed by atoms with E-state index in [9.17, 15) is 0 Å². The molecule has 1 aliphatic carbocycles. The van der Waals surface area contributed by atoms with Crippen molar-refractivity contribution < 1.29 is 0 Å². The van der Waals surface area contributed by atoms with Crippen LogP contribution in [-0.2, 0) is 0 Å². The van der Waals surface area contributed by atoms with E-state index in [0.29, 0.717) is 0 Å². The van der Waals surface area contributed by atoms with Crippen LogP contribution in [0.5, 0.6) is 0 Å². The van der Waals surface area contributed by atoms with Crippen LogP contribution in [0.25, 0.3) is 0 Å². The molecule has 1 rings (SSSR count). The molecule has 0 aromatic carbocycles. The molecule has 0 amide bonds. The molecule has 18 heavy (non-hydrogen) atoms. The Morgan fingerprint density at radius 3 is 2.28 bits per heavy atom. The minimum absolute atomic E-state index is 0.788. The number of hydrogen-bond acceptors (Lipinski definition) is 2. The summed E-state index contributed by atoms with van der Waals surface area (Å²) in [5.41, 5.74) is 0. The van der Waals surface area contributed by atoms with Crippen molar-refractivity contribution in [2.75, 3.05) is 33.2 Å². The molecule has 4 nitrogen and oxygen atoms in total. The van der Waals surface area contributed by atoms with Gasteiger partial charge in [0.1, 0.15) is 0 Å². The fraction of sp³-hybridized carbons (Fsp3) is 0.929. The van der Waals surface area contributed by atoms with Crippen LogP contribution in [0, 0.1) is 0 Å². The van der Waals surface area contributed by atoms with Crippen molar-refractivity contribution in [3.63, 3.8) is 0 Å². The molecule has 0 atom stereocenters. The van der Waals surface area contributed by atoms with Gasteiger partial charge in [0.25, 0.3) is 0 Å². The summed E-state index contributed by atoms with van der Waals surface area (Å²) >= 11 is 0. The van der Waals surface area contributed by atoms with Gasteiger partial charge in [-0.2, -0.15) is 0 Å². The maximum absolute atomic E-state index is 4.59. The van der Waals surface area contributed by atoms with E-state index >= 15 is 0 Å². The number of likely N-dealkylation sites (N-methyl/N-ethyl adjacent to an activating group) is 1. The Bertz CT molecular complexity index is 226. The Labute approximate surface area is 112 Å². The van der Waals surface area contributed by atoms with Crippen LogP contribution in [0.2, 0.25) is 0 Å². The van der Waals surface area contributed by atoms with Crippen molar-refractivity contribution in [2.45, 2.75) is 52.0 Å². The monoisotopic (exact) mass is 254 g/mol. The van der Waals surface area contributed by atoms with Gasteiger partial charge in [-0.15, -0.1) is 0 Å². The van der Waals surface area contributed by atoms with Gasteiger partial charge >= 0.3 is 0 Å². The summed E-state index contributed by atoms with van der Waals surface area (Å²) in [5, 5.41) is 6.51. The van der Waals surface area contributed by atoms with E-state index in [1.807, 2.05) is 0 Å². The van der Waals surface area contributed by atoms with Gasteiger partial charge in [-0.1, -0.05) is 19.3 Å². The molecule has 0 heterocycles. The van der Waals surface area contributed by atoms with Crippen LogP contribution in [-0.4, -0.2) is 50.1 Å². The summed E-state index contributed by atoms with van der Waals surface area (Å²) in [4.78, 5) is 7.08. The molecule has 0 saturated heterocycles. The molecule has 4 heteroatoms. The van der Waals surface area contributed by atoms with Crippen LogP contribution in [0.3, 0.4) is 0 Å². The minimum atomic E-state index is 0.788. The molecule has 1 fully saturated rings. The summed E-state index contributed by atoms with van der Waals surface area (Å²) < 4.78 is 0. The van der Waals surface area contributed by atoms with Gasteiger partial charge in [0.2, 0.25) is 0 Å². The average molecular weight is 254 g/mol. The fourth-order valence-electron chi connectivity index (χ4n) is 2.53. The lowest BCUT2D eigenvalue weighted by atomic mass is 9.94. The molecule has 0 aromatic rings. The van der Waals surface area contributed by atoms with Gasteiger partial charge < -0.3 is 15.5 Å². The number of rotatable bonds is 6.